The first-order valence-corrected chi connectivity index (χ1v) is 11.8. The van der Waals surface area contributed by atoms with E-state index in [2.05, 4.69) is 0 Å². The number of para-hydroxylation sites is 1. The zero-order valence-electron chi connectivity index (χ0n) is 18.4. The zero-order valence-corrected chi connectivity index (χ0v) is 20.0. The Morgan fingerprint density at radius 2 is 1.53 bits per heavy atom. The number of rotatable bonds is 4. The van der Waals surface area contributed by atoms with Gasteiger partial charge in [-0.25, -0.2) is 4.90 Å². The van der Waals surface area contributed by atoms with Crippen molar-refractivity contribution in [1.82, 2.24) is 9.80 Å². The molecule has 0 aromatic heterocycles. The van der Waals surface area contributed by atoms with Gasteiger partial charge in [0.25, 0.3) is 5.91 Å². The Labute approximate surface area is 197 Å². The number of amides is 3. The molecule has 6 nitrogen and oxygen atoms in total. The first kappa shape index (κ1) is 22.5. The number of benzene rings is 2. The molecule has 32 heavy (non-hydrogen) atoms. The SMILES string of the molecule is CC(C)C1SC(C)(C)C(N2C(=O)C(=O)N(c3ccccc3)C2=S)N1C(=O)c1ccccc1. The molecule has 0 saturated carbocycles. The largest absolute Gasteiger partial charge is 0.323 e. The van der Waals surface area contributed by atoms with Gasteiger partial charge in [0, 0.05) is 5.56 Å². The maximum Gasteiger partial charge on any atom is 0.323 e. The van der Waals surface area contributed by atoms with Crippen LogP contribution >= 0.6 is 24.0 Å². The van der Waals surface area contributed by atoms with Crippen LogP contribution < -0.4 is 4.90 Å². The highest BCUT2D eigenvalue weighted by atomic mass is 32.2. The van der Waals surface area contributed by atoms with Crippen LogP contribution in [-0.2, 0) is 9.59 Å². The summed E-state index contributed by atoms with van der Waals surface area (Å²) in [6.07, 6.45) is -0.703. The molecular weight excluding hydrogens is 442 g/mol. The van der Waals surface area contributed by atoms with Crippen LogP contribution in [0, 0.1) is 5.92 Å². The normalized spacial score (nSPS) is 22.9. The van der Waals surface area contributed by atoms with Gasteiger partial charge in [0.2, 0.25) is 0 Å². The number of carbonyl (C=O) groups is 3. The summed E-state index contributed by atoms with van der Waals surface area (Å²) < 4.78 is -0.550. The molecule has 2 unspecified atom stereocenters. The van der Waals surface area contributed by atoms with E-state index in [0.717, 1.165) is 0 Å². The van der Waals surface area contributed by atoms with E-state index in [1.807, 2.05) is 52.0 Å². The van der Waals surface area contributed by atoms with Gasteiger partial charge in [-0.15, -0.1) is 11.8 Å². The zero-order chi connectivity index (χ0) is 23.2. The Kier molecular flexibility index (Phi) is 5.85. The van der Waals surface area contributed by atoms with Crippen molar-refractivity contribution in [3.05, 3.63) is 66.2 Å². The van der Waals surface area contributed by atoms with Crippen molar-refractivity contribution in [1.29, 1.82) is 0 Å². The number of nitrogens with zero attached hydrogens (tertiary/aromatic N) is 3. The Hall–Kier alpha value is -2.71. The van der Waals surface area contributed by atoms with Crippen molar-refractivity contribution in [2.24, 2.45) is 5.92 Å². The molecular formula is C24H25N3O3S2. The van der Waals surface area contributed by atoms with Crippen molar-refractivity contribution < 1.29 is 14.4 Å². The predicted molar refractivity (Wildman–Crippen MR) is 130 cm³/mol. The van der Waals surface area contributed by atoms with Crippen LogP contribution in [0.5, 0.6) is 0 Å². The molecule has 2 heterocycles. The molecule has 0 radical (unpaired) electrons. The van der Waals surface area contributed by atoms with E-state index in [1.54, 1.807) is 53.1 Å². The highest BCUT2D eigenvalue weighted by Crippen LogP contribution is 2.49. The summed E-state index contributed by atoms with van der Waals surface area (Å²) in [6.45, 7) is 8.07. The van der Waals surface area contributed by atoms with Crippen molar-refractivity contribution in [2.45, 2.75) is 44.0 Å². The third kappa shape index (κ3) is 3.61. The number of thiocarbonyl (C=S) groups is 1. The van der Waals surface area contributed by atoms with E-state index < -0.39 is 22.7 Å². The monoisotopic (exact) mass is 467 g/mol. The lowest BCUT2D eigenvalue weighted by Crippen LogP contribution is -2.58. The molecule has 166 valence electrons. The molecule has 2 fully saturated rings. The van der Waals surface area contributed by atoms with E-state index in [4.69, 9.17) is 12.2 Å². The summed E-state index contributed by atoms with van der Waals surface area (Å²) in [7, 11) is 0. The quantitative estimate of drug-likeness (QED) is 0.500. The van der Waals surface area contributed by atoms with Gasteiger partial charge in [0.15, 0.2) is 5.11 Å². The van der Waals surface area contributed by atoms with E-state index in [-0.39, 0.29) is 22.3 Å². The minimum Gasteiger partial charge on any atom is -0.304 e. The number of hydrogen-bond donors (Lipinski definition) is 0. The lowest BCUT2D eigenvalue weighted by molar-refractivity contribution is -0.141. The van der Waals surface area contributed by atoms with Crippen LogP contribution in [0.4, 0.5) is 5.69 Å². The Morgan fingerprint density at radius 1 is 0.969 bits per heavy atom. The summed E-state index contributed by atoms with van der Waals surface area (Å²) in [4.78, 5) is 44.3. The lowest BCUT2D eigenvalue weighted by Gasteiger charge is -2.39. The Balaban J connectivity index is 1.80. The second-order valence-corrected chi connectivity index (χ2v) is 10.9. The van der Waals surface area contributed by atoms with Gasteiger partial charge in [-0.2, -0.15) is 0 Å². The fraction of sp³-hybridized carbons (Fsp3) is 0.333. The second kappa shape index (κ2) is 8.33. The predicted octanol–water partition coefficient (Wildman–Crippen LogP) is 4.12. The van der Waals surface area contributed by atoms with Crippen LogP contribution in [0.3, 0.4) is 0 Å². The smallest absolute Gasteiger partial charge is 0.304 e. The number of thioether (sulfide) groups is 1. The molecule has 8 heteroatoms. The van der Waals surface area contributed by atoms with Crippen LogP contribution in [0.1, 0.15) is 38.1 Å². The maximum atomic E-state index is 13.7. The summed E-state index contributed by atoms with van der Waals surface area (Å²) in [5.74, 6) is -1.48. The lowest BCUT2D eigenvalue weighted by atomic mass is 10.0. The molecule has 2 atom stereocenters. The van der Waals surface area contributed by atoms with Crippen molar-refractivity contribution in [3.8, 4) is 0 Å². The molecule has 0 aliphatic carbocycles. The standard InChI is InChI=1S/C24H25N3O3S2/c1-15(2)21-26(18(28)16-11-7-5-8-12-16)22(24(3,4)32-21)27-20(30)19(29)25(23(27)31)17-13-9-6-10-14-17/h5-15,21-22H,1-4H3. The van der Waals surface area contributed by atoms with Crippen molar-refractivity contribution in [3.63, 3.8) is 0 Å². The molecule has 2 aliphatic heterocycles. The molecule has 2 saturated heterocycles. The van der Waals surface area contributed by atoms with E-state index in [0.29, 0.717) is 11.3 Å². The molecule has 0 bridgehead atoms. The van der Waals surface area contributed by atoms with E-state index >= 15 is 0 Å². The van der Waals surface area contributed by atoms with Gasteiger partial charge in [-0.1, -0.05) is 50.2 Å². The average molecular weight is 468 g/mol. The Morgan fingerprint density at radius 3 is 2.09 bits per heavy atom. The maximum absolute atomic E-state index is 13.7. The number of carbonyl (C=O) groups excluding carboxylic acids is 3. The highest BCUT2D eigenvalue weighted by Gasteiger charge is 2.59. The van der Waals surface area contributed by atoms with Gasteiger partial charge in [0.1, 0.15) is 6.17 Å². The van der Waals surface area contributed by atoms with Crippen molar-refractivity contribution >= 4 is 52.5 Å². The molecule has 0 spiro atoms. The molecule has 2 aliphatic rings. The summed E-state index contributed by atoms with van der Waals surface area (Å²) >= 11 is 7.29. The van der Waals surface area contributed by atoms with Crippen LogP contribution in [-0.4, -0.2) is 48.9 Å². The van der Waals surface area contributed by atoms with Crippen LogP contribution in [0.2, 0.25) is 0 Å². The van der Waals surface area contributed by atoms with E-state index in [1.165, 1.54) is 9.80 Å². The molecule has 0 N–H and O–H groups in total. The molecule has 2 aromatic rings. The second-order valence-electron chi connectivity index (χ2n) is 8.74. The summed E-state index contributed by atoms with van der Waals surface area (Å²) in [5.41, 5.74) is 1.06. The number of hydrogen-bond acceptors (Lipinski definition) is 5. The average Bonchev–Trinajstić information content (AvgIpc) is 3.17. The Bertz CT molecular complexity index is 1070. The van der Waals surface area contributed by atoms with Gasteiger partial charge in [-0.05, 0) is 56.2 Å². The highest BCUT2D eigenvalue weighted by molar-refractivity contribution is 8.01. The van der Waals surface area contributed by atoms with Gasteiger partial charge < -0.3 is 4.90 Å². The fourth-order valence-electron chi connectivity index (χ4n) is 4.25. The first-order chi connectivity index (χ1) is 15.1. The summed E-state index contributed by atoms with van der Waals surface area (Å²) in [5, 5.41) is -0.0840. The van der Waals surface area contributed by atoms with E-state index in [9.17, 15) is 14.4 Å². The van der Waals surface area contributed by atoms with Gasteiger partial charge in [0.05, 0.1) is 15.8 Å². The minimum atomic E-state index is -0.715. The topological polar surface area (TPSA) is 60.9 Å². The van der Waals surface area contributed by atoms with Gasteiger partial charge in [-0.3, -0.25) is 19.3 Å². The third-order valence-corrected chi connectivity index (χ3v) is 7.88. The minimum absolute atomic E-state index is 0.0974. The first-order valence-electron chi connectivity index (χ1n) is 10.5. The summed E-state index contributed by atoms with van der Waals surface area (Å²) in [6, 6.07) is 17.9. The van der Waals surface area contributed by atoms with Crippen molar-refractivity contribution in [2.75, 3.05) is 4.90 Å². The van der Waals surface area contributed by atoms with Crippen LogP contribution in [0.25, 0.3) is 0 Å². The molecule has 2 aromatic carbocycles. The molecule has 4 rings (SSSR count). The van der Waals surface area contributed by atoms with Gasteiger partial charge >= 0.3 is 11.8 Å². The molecule has 3 amide bonds. The van der Waals surface area contributed by atoms with Crippen LogP contribution in [0.15, 0.2) is 60.7 Å². The fourth-order valence-corrected chi connectivity index (χ4v) is 6.18. The number of anilines is 1. The third-order valence-electron chi connectivity index (χ3n) is 5.67.